The summed E-state index contributed by atoms with van der Waals surface area (Å²) in [5.74, 6) is 2.09. The van der Waals surface area contributed by atoms with Gasteiger partial charge in [-0.1, -0.05) is 39.5 Å². The van der Waals surface area contributed by atoms with Crippen molar-refractivity contribution in [1.29, 1.82) is 0 Å². The normalized spacial score (nSPS) is 38.2. The first-order valence-corrected chi connectivity index (χ1v) is 3.84. The largest absolute Gasteiger partial charge is 0.0651 e. The molecule has 0 heteroatoms. The Morgan fingerprint density at radius 1 is 1.38 bits per heavy atom. The number of rotatable bonds is 1. The van der Waals surface area contributed by atoms with Crippen LogP contribution in [0.1, 0.15) is 39.5 Å². The Balaban J connectivity index is 2.30. The molecule has 0 heterocycles. The summed E-state index contributed by atoms with van der Waals surface area (Å²) < 4.78 is 0. The second kappa shape index (κ2) is 2.52. The molecule has 0 aliphatic heterocycles. The molecular formula is C8H16. The fourth-order valence-electron chi connectivity index (χ4n) is 1.83. The van der Waals surface area contributed by atoms with Crippen LogP contribution in [0.15, 0.2) is 0 Å². The fraction of sp³-hybridized carbons (Fsp3) is 1.00. The van der Waals surface area contributed by atoms with E-state index < -0.39 is 0 Å². The van der Waals surface area contributed by atoms with Crippen LogP contribution in [0.4, 0.5) is 0 Å². The van der Waals surface area contributed by atoms with E-state index in [2.05, 4.69) is 13.8 Å². The summed E-state index contributed by atoms with van der Waals surface area (Å²) in [5, 5.41) is 0. The molecule has 0 aromatic carbocycles. The zero-order valence-electron chi connectivity index (χ0n) is 5.98. The molecule has 1 unspecified atom stereocenters. The molecule has 0 aromatic heterocycles. The fourth-order valence-corrected chi connectivity index (χ4v) is 1.83. The quantitative estimate of drug-likeness (QED) is 0.489. The standard InChI is InChI=1S/C8H16/c1-3-8-6-4-5-7(8)2/h7-8H,3-6H2,1-2H3/t7-,8?/m1/s1. The average molecular weight is 112 g/mol. The third-order valence-corrected chi connectivity index (χ3v) is 2.56. The molecule has 1 rings (SSSR count). The highest BCUT2D eigenvalue weighted by Crippen LogP contribution is 2.32. The smallest absolute Gasteiger partial charge is 0.0391 e. The van der Waals surface area contributed by atoms with Crippen molar-refractivity contribution in [2.45, 2.75) is 39.5 Å². The molecular weight excluding hydrogens is 96.1 g/mol. The molecule has 0 radical (unpaired) electrons. The molecule has 8 heavy (non-hydrogen) atoms. The molecule has 0 saturated heterocycles. The minimum absolute atomic E-state index is 1.03. The van der Waals surface area contributed by atoms with Gasteiger partial charge in [0.15, 0.2) is 0 Å². The summed E-state index contributed by atoms with van der Waals surface area (Å²) in [6, 6.07) is 0. The number of hydrogen-bond donors (Lipinski definition) is 0. The SMILES string of the molecule is CCC1CCC[C@H]1C. The lowest BCUT2D eigenvalue weighted by Crippen LogP contribution is -2.00. The van der Waals surface area contributed by atoms with Crippen molar-refractivity contribution in [3.05, 3.63) is 0 Å². The van der Waals surface area contributed by atoms with E-state index in [1.807, 2.05) is 0 Å². The number of hydrogen-bond acceptors (Lipinski definition) is 0. The monoisotopic (exact) mass is 112 g/mol. The van der Waals surface area contributed by atoms with Gasteiger partial charge >= 0.3 is 0 Å². The second-order valence-electron chi connectivity index (χ2n) is 3.08. The van der Waals surface area contributed by atoms with Gasteiger partial charge in [0, 0.05) is 0 Å². The third-order valence-electron chi connectivity index (χ3n) is 2.56. The zero-order chi connectivity index (χ0) is 5.98. The van der Waals surface area contributed by atoms with Crippen LogP contribution < -0.4 is 0 Å². The zero-order valence-corrected chi connectivity index (χ0v) is 5.98. The Labute approximate surface area is 52.3 Å². The minimum atomic E-state index is 1.03. The summed E-state index contributed by atoms with van der Waals surface area (Å²) in [5.41, 5.74) is 0. The predicted octanol–water partition coefficient (Wildman–Crippen LogP) is 2.83. The molecule has 0 amide bonds. The van der Waals surface area contributed by atoms with Crippen LogP contribution >= 0.6 is 0 Å². The molecule has 0 spiro atoms. The lowest BCUT2D eigenvalue weighted by molar-refractivity contribution is 0.407. The second-order valence-corrected chi connectivity index (χ2v) is 3.08. The van der Waals surface area contributed by atoms with Gasteiger partial charge in [-0.2, -0.15) is 0 Å². The van der Waals surface area contributed by atoms with E-state index in [1.165, 1.54) is 25.7 Å². The van der Waals surface area contributed by atoms with E-state index in [4.69, 9.17) is 0 Å². The van der Waals surface area contributed by atoms with Crippen molar-refractivity contribution in [2.24, 2.45) is 11.8 Å². The molecule has 0 aromatic rings. The highest BCUT2D eigenvalue weighted by atomic mass is 14.3. The van der Waals surface area contributed by atoms with Crippen LogP contribution in [0.5, 0.6) is 0 Å². The van der Waals surface area contributed by atoms with Crippen molar-refractivity contribution in [2.75, 3.05) is 0 Å². The molecule has 1 fully saturated rings. The summed E-state index contributed by atoms with van der Waals surface area (Å²) in [6.07, 6.45) is 5.87. The van der Waals surface area contributed by atoms with E-state index >= 15 is 0 Å². The van der Waals surface area contributed by atoms with Crippen molar-refractivity contribution >= 4 is 0 Å². The maximum Gasteiger partial charge on any atom is -0.0391 e. The predicted molar refractivity (Wildman–Crippen MR) is 36.8 cm³/mol. The summed E-state index contributed by atoms with van der Waals surface area (Å²) in [4.78, 5) is 0. The third kappa shape index (κ3) is 1.04. The van der Waals surface area contributed by atoms with E-state index in [0.717, 1.165) is 11.8 Å². The Bertz CT molecular complexity index is 66.4. The van der Waals surface area contributed by atoms with Crippen LogP contribution in [-0.2, 0) is 0 Å². The maximum absolute atomic E-state index is 2.39. The molecule has 1 saturated carbocycles. The lowest BCUT2D eigenvalue weighted by atomic mass is 9.96. The molecule has 0 nitrogen and oxygen atoms in total. The van der Waals surface area contributed by atoms with E-state index in [0.29, 0.717) is 0 Å². The molecule has 0 bridgehead atoms. The highest BCUT2D eigenvalue weighted by Gasteiger charge is 2.20. The van der Waals surface area contributed by atoms with Gasteiger partial charge in [0.05, 0.1) is 0 Å². The molecule has 1 aliphatic rings. The van der Waals surface area contributed by atoms with Gasteiger partial charge in [0.1, 0.15) is 0 Å². The lowest BCUT2D eigenvalue weighted by Gasteiger charge is -2.10. The van der Waals surface area contributed by atoms with Gasteiger partial charge in [-0.25, -0.2) is 0 Å². The average Bonchev–Trinajstić information content (AvgIpc) is 2.14. The Hall–Kier alpha value is 0. The summed E-state index contributed by atoms with van der Waals surface area (Å²) in [7, 11) is 0. The van der Waals surface area contributed by atoms with Crippen LogP contribution in [0.3, 0.4) is 0 Å². The highest BCUT2D eigenvalue weighted by molar-refractivity contribution is 4.72. The van der Waals surface area contributed by atoms with Crippen LogP contribution in [0.25, 0.3) is 0 Å². The van der Waals surface area contributed by atoms with Crippen molar-refractivity contribution < 1.29 is 0 Å². The first kappa shape index (κ1) is 6.12. The van der Waals surface area contributed by atoms with Crippen LogP contribution in [0, 0.1) is 11.8 Å². The van der Waals surface area contributed by atoms with Gasteiger partial charge < -0.3 is 0 Å². The van der Waals surface area contributed by atoms with Gasteiger partial charge in [0.2, 0.25) is 0 Å². The molecule has 0 N–H and O–H groups in total. The topological polar surface area (TPSA) is 0 Å². The first-order chi connectivity index (χ1) is 3.84. The molecule has 48 valence electrons. The van der Waals surface area contributed by atoms with E-state index in [9.17, 15) is 0 Å². The van der Waals surface area contributed by atoms with Crippen LogP contribution in [-0.4, -0.2) is 0 Å². The van der Waals surface area contributed by atoms with E-state index in [1.54, 1.807) is 0 Å². The minimum Gasteiger partial charge on any atom is -0.0651 e. The Kier molecular flexibility index (Phi) is 1.93. The summed E-state index contributed by atoms with van der Waals surface area (Å²) in [6.45, 7) is 4.70. The van der Waals surface area contributed by atoms with Gasteiger partial charge in [-0.05, 0) is 11.8 Å². The van der Waals surface area contributed by atoms with Gasteiger partial charge in [0.25, 0.3) is 0 Å². The maximum atomic E-state index is 2.39. The Morgan fingerprint density at radius 3 is 2.38 bits per heavy atom. The molecule has 2 atom stereocenters. The van der Waals surface area contributed by atoms with Crippen molar-refractivity contribution in [3.63, 3.8) is 0 Å². The first-order valence-electron chi connectivity index (χ1n) is 3.84. The van der Waals surface area contributed by atoms with Gasteiger partial charge in [-0.3, -0.25) is 0 Å². The molecule has 1 aliphatic carbocycles. The Morgan fingerprint density at radius 2 is 2.12 bits per heavy atom. The van der Waals surface area contributed by atoms with Crippen LogP contribution in [0.2, 0.25) is 0 Å². The van der Waals surface area contributed by atoms with Crippen molar-refractivity contribution in [3.8, 4) is 0 Å². The van der Waals surface area contributed by atoms with Crippen molar-refractivity contribution in [1.82, 2.24) is 0 Å². The van der Waals surface area contributed by atoms with E-state index in [-0.39, 0.29) is 0 Å². The van der Waals surface area contributed by atoms with Gasteiger partial charge in [-0.15, -0.1) is 0 Å². The summed E-state index contributed by atoms with van der Waals surface area (Å²) >= 11 is 0.